The lowest BCUT2D eigenvalue weighted by Crippen LogP contribution is -2.03. The van der Waals surface area contributed by atoms with Crippen molar-refractivity contribution in [1.29, 1.82) is 0 Å². The molecule has 0 atom stereocenters. The van der Waals surface area contributed by atoms with Crippen molar-refractivity contribution in [3.63, 3.8) is 0 Å². The number of carboxylic acid groups (broad SMARTS) is 2. The second-order valence-corrected chi connectivity index (χ2v) is 5.31. The fourth-order valence-corrected chi connectivity index (χ4v) is 2.26. The zero-order valence-electron chi connectivity index (χ0n) is 10.6. The summed E-state index contributed by atoms with van der Waals surface area (Å²) in [7, 11) is -4.13. The van der Waals surface area contributed by atoms with E-state index in [1.807, 2.05) is 6.07 Å². The van der Waals surface area contributed by atoms with Gasteiger partial charge in [-0.15, -0.1) is 0 Å². The Balaban J connectivity index is 0.000000270. The molecule has 0 saturated carbocycles. The van der Waals surface area contributed by atoms with Gasteiger partial charge in [0, 0.05) is 5.39 Å². The molecule has 2 aromatic carbocycles. The van der Waals surface area contributed by atoms with Crippen LogP contribution in [0.1, 0.15) is 6.42 Å². The minimum atomic E-state index is -4.13. The minimum absolute atomic E-state index is 0.0457. The first-order valence-electron chi connectivity index (χ1n) is 5.60. The number of rotatable bonds is 3. The van der Waals surface area contributed by atoms with Crippen molar-refractivity contribution >= 4 is 32.8 Å². The van der Waals surface area contributed by atoms with Gasteiger partial charge in [-0.2, -0.15) is 8.42 Å². The van der Waals surface area contributed by atoms with Gasteiger partial charge in [0.05, 0.1) is 0 Å². The molecule has 3 N–H and O–H groups in total. The number of fused-ring (bicyclic) bond motifs is 1. The van der Waals surface area contributed by atoms with E-state index in [0.29, 0.717) is 5.39 Å². The lowest BCUT2D eigenvalue weighted by atomic mass is 10.1. The fraction of sp³-hybridized carbons (Fsp3) is 0.0769. The number of aliphatic carboxylic acids is 2. The Morgan fingerprint density at radius 2 is 1.43 bits per heavy atom. The van der Waals surface area contributed by atoms with Crippen LogP contribution in [0.25, 0.3) is 10.8 Å². The van der Waals surface area contributed by atoms with E-state index < -0.39 is 28.5 Å². The van der Waals surface area contributed by atoms with E-state index in [4.69, 9.17) is 14.8 Å². The molecule has 0 aliphatic carbocycles. The third-order valence-corrected chi connectivity index (χ3v) is 3.24. The largest absolute Gasteiger partial charge is 0.481 e. The summed E-state index contributed by atoms with van der Waals surface area (Å²) in [5.41, 5.74) is 0. The van der Waals surface area contributed by atoms with Gasteiger partial charge in [0.1, 0.15) is 11.3 Å². The Morgan fingerprint density at radius 3 is 1.90 bits per heavy atom. The van der Waals surface area contributed by atoms with Crippen LogP contribution in [0.2, 0.25) is 0 Å². The van der Waals surface area contributed by atoms with Crippen molar-refractivity contribution < 1.29 is 32.8 Å². The summed E-state index contributed by atoms with van der Waals surface area (Å²) in [4.78, 5) is 18.8. The fourth-order valence-electron chi connectivity index (χ4n) is 1.55. The molecule has 2 aromatic rings. The van der Waals surface area contributed by atoms with Crippen molar-refractivity contribution in [2.45, 2.75) is 11.3 Å². The van der Waals surface area contributed by atoms with Crippen LogP contribution >= 0.6 is 0 Å². The predicted octanol–water partition coefficient (Wildman–Crippen LogP) is 1.63. The van der Waals surface area contributed by atoms with Crippen LogP contribution in [0.4, 0.5) is 0 Å². The maximum absolute atomic E-state index is 11.0. The first-order chi connectivity index (χ1) is 9.71. The third kappa shape index (κ3) is 5.21. The monoisotopic (exact) mass is 312 g/mol. The molecule has 21 heavy (non-hydrogen) atoms. The van der Waals surface area contributed by atoms with Crippen LogP contribution < -0.4 is 0 Å². The molecule has 0 unspecified atom stereocenters. The summed E-state index contributed by atoms with van der Waals surface area (Å²) < 4.78 is 31.0. The zero-order chi connectivity index (χ0) is 16.0. The molecule has 0 bridgehead atoms. The zero-order valence-corrected chi connectivity index (χ0v) is 11.4. The Kier molecular flexibility index (Phi) is 5.39. The summed E-state index contributed by atoms with van der Waals surface area (Å²) in [6.45, 7) is 0. The topological polar surface area (TPSA) is 129 Å². The Morgan fingerprint density at radius 1 is 0.905 bits per heavy atom. The normalized spacial score (nSPS) is 10.5. The molecule has 0 fully saturated rings. The van der Waals surface area contributed by atoms with E-state index >= 15 is 0 Å². The third-order valence-electron chi connectivity index (χ3n) is 2.33. The van der Waals surface area contributed by atoms with E-state index in [-0.39, 0.29) is 4.90 Å². The van der Waals surface area contributed by atoms with E-state index in [2.05, 4.69) is 0 Å². The van der Waals surface area contributed by atoms with E-state index in [1.54, 1.807) is 30.3 Å². The molecular weight excluding hydrogens is 300 g/mol. The van der Waals surface area contributed by atoms with Gasteiger partial charge in [0.15, 0.2) is 0 Å². The number of carboxylic acids is 2. The first-order valence-corrected chi connectivity index (χ1v) is 7.04. The number of benzene rings is 2. The molecule has 0 aliphatic heterocycles. The second-order valence-electron chi connectivity index (χ2n) is 3.92. The smallest absolute Gasteiger partial charge is 0.314 e. The number of hydrogen-bond donors (Lipinski definition) is 3. The SMILES string of the molecule is O=C(O)CC(=O)O.O=S(=O)(O)c1cccc2ccccc12. The molecule has 0 heterocycles. The molecule has 0 aliphatic rings. The van der Waals surface area contributed by atoms with Crippen LogP contribution in [-0.2, 0) is 19.7 Å². The number of hydrogen-bond acceptors (Lipinski definition) is 4. The van der Waals surface area contributed by atoms with Crippen LogP contribution in [0.15, 0.2) is 47.4 Å². The summed E-state index contributed by atoms with van der Waals surface area (Å²) in [6.07, 6.45) is -0.806. The average molecular weight is 312 g/mol. The van der Waals surface area contributed by atoms with Gasteiger partial charge in [0.2, 0.25) is 0 Å². The molecule has 0 aromatic heterocycles. The molecule has 0 amide bonds. The van der Waals surface area contributed by atoms with Crippen LogP contribution in [0.3, 0.4) is 0 Å². The number of carbonyl (C=O) groups is 2. The van der Waals surface area contributed by atoms with Crippen molar-refractivity contribution in [1.82, 2.24) is 0 Å². The Hall–Kier alpha value is -2.45. The first kappa shape index (κ1) is 16.6. The van der Waals surface area contributed by atoms with Gasteiger partial charge in [-0.1, -0.05) is 36.4 Å². The summed E-state index contributed by atoms with van der Waals surface area (Å²) in [6, 6.07) is 11.8. The van der Waals surface area contributed by atoms with Gasteiger partial charge in [-0.05, 0) is 11.5 Å². The highest BCUT2D eigenvalue weighted by Gasteiger charge is 2.12. The summed E-state index contributed by atoms with van der Waals surface area (Å²) in [5, 5.41) is 16.7. The maximum Gasteiger partial charge on any atom is 0.314 e. The maximum atomic E-state index is 11.0. The molecule has 7 nitrogen and oxygen atoms in total. The van der Waals surface area contributed by atoms with Crippen molar-refractivity contribution in [2.24, 2.45) is 0 Å². The summed E-state index contributed by atoms with van der Waals surface area (Å²) in [5.74, 6) is -2.62. The lowest BCUT2D eigenvalue weighted by molar-refractivity contribution is -0.147. The molecular formula is C13H12O7S. The van der Waals surface area contributed by atoms with Gasteiger partial charge < -0.3 is 10.2 Å². The molecule has 0 spiro atoms. The highest BCUT2D eigenvalue weighted by Crippen LogP contribution is 2.21. The molecule has 8 heteroatoms. The van der Waals surface area contributed by atoms with E-state index in [1.165, 1.54) is 6.07 Å². The van der Waals surface area contributed by atoms with Crippen LogP contribution in [-0.4, -0.2) is 35.1 Å². The molecule has 0 radical (unpaired) electrons. The molecule has 0 saturated heterocycles. The lowest BCUT2D eigenvalue weighted by Gasteiger charge is -2.02. The van der Waals surface area contributed by atoms with Gasteiger partial charge in [-0.25, -0.2) is 0 Å². The van der Waals surface area contributed by atoms with E-state index in [0.717, 1.165) is 5.39 Å². The van der Waals surface area contributed by atoms with Gasteiger partial charge in [0.25, 0.3) is 10.1 Å². The van der Waals surface area contributed by atoms with Crippen molar-refractivity contribution in [3.8, 4) is 0 Å². The molecule has 112 valence electrons. The van der Waals surface area contributed by atoms with Gasteiger partial charge >= 0.3 is 11.9 Å². The highest BCUT2D eigenvalue weighted by atomic mass is 32.2. The second kappa shape index (κ2) is 6.82. The molecule has 2 rings (SSSR count). The Labute approximate surface area is 120 Å². The predicted molar refractivity (Wildman–Crippen MR) is 73.7 cm³/mol. The minimum Gasteiger partial charge on any atom is -0.481 e. The average Bonchev–Trinajstić information content (AvgIpc) is 2.36. The van der Waals surface area contributed by atoms with Gasteiger partial charge in [-0.3, -0.25) is 14.1 Å². The van der Waals surface area contributed by atoms with Crippen LogP contribution in [0.5, 0.6) is 0 Å². The van der Waals surface area contributed by atoms with E-state index in [9.17, 15) is 18.0 Å². The van der Waals surface area contributed by atoms with Crippen molar-refractivity contribution in [3.05, 3.63) is 42.5 Å². The standard InChI is InChI=1S/C10H8O3S.C3H4O4/c11-14(12,13)10-7-3-5-8-4-1-2-6-9(8)10;4-2(5)1-3(6)7/h1-7H,(H,11,12,13);1H2,(H,4,5)(H,6,7). The highest BCUT2D eigenvalue weighted by molar-refractivity contribution is 7.86. The Bertz CT molecular complexity index is 748. The van der Waals surface area contributed by atoms with Crippen molar-refractivity contribution in [2.75, 3.05) is 0 Å². The quantitative estimate of drug-likeness (QED) is 0.580. The van der Waals surface area contributed by atoms with Crippen LogP contribution in [0, 0.1) is 0 Å². The summed E-state index contributed by atoms with van der Waals surface area (Å²) >= 11 is 0.